The molecule has 0 atom stereocenters. The summed E-state index contributed by atoms with van der Waals surface area (Å²) in [5, 5.41) is 1.78. The molecule has 0 unspecified atom stereocenters. The maximum atomic E-state index is 13.0. The Morgan fingerprint density at radius 1 is 0.967 bits per heavy atom. The van der Waals surface area contributed by atoms with Gasteiger partial charge in [-0.15, -0.1) is 11.3 Å². The molecule has 6 nitrogen and oxygen atoms in total. The largest absolute Gasteiger partial charge is 0.368 e. The van der Waals surface area contributed by atoms with Gasteiger partial charge in [0.05, 0.1) is 0 Å². The number of nitrogens with zero attached hydrogens (tertiary/aromatic N) is 3. The van der Waals surface area contributed by atoms with E-state index in [0.717, 1.165) is 26.2 Å². The van der Waals surface area contributed by atoms with Gasteiger partial charge in [-0.3, -0.25) is 4.79 Å². The van der Waals surface area contributed by atoms with Gasteiger partial charge < -0.3 is 9.80 Å². The van der Waals surface area contributed by atoms with Gasteiger partial charge in [-0.05, 0) is 55.3 Å². The highest BCUT2D eigenvalue weighted by Gasteiger charge is 2.35. The summed E-state index contributed by atoms with van der Waals surface area (Å²) in [7, 11) is -3.42. The SMILES string of the molecule is Cc1cccc(N2CCN(C(=O)C3CCN(S(=O)(=O)c4cccs4)CC3)CC2)c1C. The van der Waals surface area contributed by atoms with Crippen molar-refractivity contribution in [1.82, 2.24) is 9.21 Å². The number of carbonyl (C=O) groups is 1. The highest BCUT2D eigenvalue weighted by Crippen LogP contribution is 2.28. The number of rotatable bonds is 4. The number of piperidine rings is 1. The number of carbonyl (C=O) groups excluding carboxylic acids is 1. The Morgan fingerprint density at radius 2 is 1.67 bits per heavy atom. The highest BCUT2D eigenvalue weighted by molar-refractivity contribution is 7.91. The van der Waals surface area contributed by atoms with E-state index in [2.05, 4.69) is 36.9 Å². The van der Waals surface area contributed by atoms with Crippen molar-refractivity contribution in [2.75, 3.05) is 44.2 Å². The van der Waals surface area contributed by atoms with E-state index in [9.17, 15) is 13.2 Å². The smallest absolute Gasteiger partial charge is 0.252 e. The molecule has 2 aliphatic rings. The summed E-state index contributed by atoms with van der Waals surface area (Å²) in [4.78, 5) is 17.4. The van der Waals surface area contributed by atoms with Gasteiger partial charge in [-0.25, -0.2) is 8.42 Å². The van der Waals surface area contributed by atoms with Gasteiger partial charge >= 0.3 is 0 Å². The van der Waals surface area contributed by atoms with Gasteiger partial charge in [0.25, 0.3) is 10.0 Å². The summed E-state index contributed by atoms with van der Waals surface area (Å²) in [5.41, 5.74) is 3.85. The maximum Gasteiger partial charge on any atom is 0.252 e. The molecule has 1 aromatic carbocycles. The van der Waals surface area contributed by atoms with Crippen molar-refractivity contribution in [3.63, 3.8) is 0 Å². The minimum Gasteiger partial charge on any atom is -0.368 e. The lowest BCUT2D eigenvalue weighted by Gasteiger charge is -2.39. The predicted octanol–water partition coefficient (Wildman–Crippen LogP) is 3.11. The molecule has 2 aromatic rings. The molecule has 1 amide bonds. The van der Waals surface area contributed by atoms with Crippen LogP contribution < -0.4 is 4.90 Å². The van der Waals surface area contributed by atoms with Crippen LogP contribution in [0.5, 0.6) is 0 Å². The standard InChI is InChI=1S/C22H29N3O3S2/c1-17-5-3-6-20(18(17)2)23-12-14-24(15-13-23)22(26)19-8-10-25(11-9-19)30(27,28)21-7-4-16-29-21/h3-7,16,19H,8-15H2,1-2H3. The Kier molecular flexibility index (Phi) is 6.18. The first kappa shape index (κ1) is 21.3. The Labute approximate surface area is 183 Å². The molecule has 8 heteroatoms. The van der Waals surface area contributed by atoms with Crippen molar-refractivity contribution in [2.45, 2.75) is 30.9 Å². The second-order valence-corrected chi connectivity index (χ2v) is 11.3. The van der Waals surface area contributed by atoms with Crippen LogP contribution in [0.3, 0.4) is 0 Å². The monoisotopic (exact) mass is 447 g/mol. The van der Waals surface area contributed by atoms with Crippen LogP contribution in [-0.2, 0) is 14.8 Å². The van der Waals surface area contributed by atoms with Crippen LogP contribution in [0, 0.1) is 19.8 Å². The van der Waals surface area contributed by atoms with Crippen molar-refractivity contribution < 1.29 is 13.2 Å². The van der Waals surface area contributed by atoms with Crippen LogP contribution in [0.15, 0.2) is 39.9 Å². The summed E-state index contributed by atoms with van der Waals surface area (Å²) in [5.74, 6) is 0.107. The zero-order valence-electron chi connectivity index (χ0n) is 17.6. The lowest BCUT2D eigenvalue weighted by Crippen LogP contribution is -2.52. The Morgan fingerprint density at radius 3 is 2.30 bits per heavy atom. The Hall–Kier alpha value is -1.90. The van der Waals surface area contributed by atoms with Gasteiger partial charge in [0.15, 0.2) is 0 Å². The van der Waals surface area contributed by atoms with E-state index in [1.165, 1.54) is 32.5 Å². The molecule has 0 saturated carbocycles. The summed E-state index contributed by atoms with van der Waals surface area (Å²) >= 11 is 1.24. The molecular weight excluding hydrogens is 418 g/mol. The summed E-state index contributed by atoms with van der Waals surface area (Å²) in [6, 6.07) is 9.78. The number of benzene rings is 1. The summed E-state index contributed by atoms with van der Waals surface area (Å²) < 4.78 is 27.3. The molecule has 30 heavy (non-hydrogen) atoms. The lowest BCUT2D eigenvalue weighted by molar-refractivity contribution is -0.137. The average Bonchev–Trinajstić information content (AvgIpc) is 3.31. The first-order chi connectivity index (χ1) is 14.4. The van der Waals surface area contributed by atoms with Crippen molar-refractivity contribution >= 4 is 33.0 Å². The second kappa shape index (κ2) is 8.69. The molecule has 0 spiro atoms. The third-order valence-electron chi connectivity index (χ3n) is 6.40. The number of aryl methyl sites for hydroxylation is 1. The third kappa shape index (κ3) is 4.13. The number of hydrogen-bond donors (Lipinski definition) is 0. The molecule has 0 aliphatic carbocycles. The lowest BCUT2D eigenvalue weighted by atomic mass is 9.96. The molecule has 1 aromatic heterocycles. The summed E-state index contributed by atoms with van der Waals surface area (Å²) in [6.07, 6.45) is 1.20. The molecular formula is C22H29N3O3S2. The molecule has 3 heterocycles. The van der Waals surface area contributed by atoms with E-state index >= 15 is 0 Å². The fraction of sp³-hybridized carbons (Fsp3) is 0.500. The van der Waals surface area contributed by atoms with Crippen LogP contribution in [0.2, 0.25) is 0 Å². The maximum absolute atomic E-state index is 13.0. The minimum atomic E-state index is -3.42. The number of anilines is 1. The van der Waals surface area contributed by atoms with Gasteiger partial charge in [-0.1, -0.05) is 18.2 Å². The topological polar surface area (TPSA) is 60.9 Å². The van der Waals surface area contributed by atoms with Gasteiger partial charge in [0.2, 0.25) is 5.91 Å². The summed E-state index contributed by atoms with van der Waals surface area (Å²) in [6.45, 7) is 8.23. The van der Waals surface area contributed by atoms with Crippen LogP contribution in [-0.4, -0.2) is 62.8 Å². The first-order valence-corrected chi connectivity index (χ1v) is 12.8. The molecule has 2 aliphatic heterocycles. The fourth-order valence-corrected chi connectivity index (χ4v) is 7.00. The van der Waals surface area contributed by atoms with Crippen LogP contribution in [0.25, 0.3) is 0 Å². The van der Waals surface area contributed by atoms with Crippen molar-refractivity contribution in [1.29, 1.82) is 0 Å². The second-order valence-electron chi connectivity index (χ2n) is 8.14. The van der Waals surface area contributed by atoms with Crippen LogP contribution in [0.1, 0.15) is 24.0 Å². The van der Waals surface area contributed by atoms with E-state index < -0.39 is 10.0 Å². The number of sulfonamides is 1. The first-order valence-electron chi connectivity index (χ1n) is 10.5. The van der Waals surface area contributed by atoms with E-state index in [0.29, 0.717) is 30.1 Å². The zero-order valence-corrected chi connectivity index (χ0v) is 19.2. The van der Waals surface area contributed by atoms with Crippen molar-refractivity contribution in [3.8, 4) is 0 Å². The highest BCUT2D eigenvalue weighted by atomic mass is 32.2. The number of piperazine rings is 1. The van der Waals surface area contributed by atoms with E-state index in [-0.39, 0.29) is 11.8 Å². The minimum absolute atomic E-state index is 0.0768. The fourth-order valence-electron chi connectivity index (χ4n) is 4.38. The Bertz CT molecular complexity index is 989. The third-order valence-corrected chi connectivity index (χ3v) is 9.67. The van der Waals surface area contributed by atoms with E-state index in [1.807, 2.05) is 4.90 Å². The van der Waals surface area contributed by atoms with Crippen LogP contribution in [0.4, 0.5) is 5.69 Å². The molecule has 0 bridgehead atoms. The zero-order chi connectivity index (χ0) is 21.3. The molecule has 4 rings (SSSR count). The predicted molar refractivity (Wildman–Crippen MR) is 121 cm³/mol. The quantitative estimate of drug-likeness (QED) is 0.723. The normalized spacial score (nSPS) is 19.3. The van der Waals surface area contributed by atoms with Crippen molar-refractivity contribution in [3.05, 3.63) is 46.8 Å². The molecule has 0 radical (unpaired) electrons. The van der Waals surface area contributed by atoms with Crippen molar-refractivity contribution in [2.24, 2.45) is 5.92 Å². The Balaban J connectivity index is 1.32. The molecule has 0 N–H and O–H groups in total. The van der Waals surface area contributed by atoms with Crippen LogP contribution >= 0.6 is 11.3 Å². The number of hydrogen-bond acceptors (Lipinski definition) is 5. The molecule has 162 valence electrons. The van der Waals surface area contributed by atoms with Gasteiger partial charge in [0, 0.05) is 50.9 Å². The number of thiophene rings is 1. The number of amides is 1. The van der Waals surface area contributed by atoms with Gasteiger partial charge in [-0.2, -0.15) is 4.31 Å². The van der Waals surface area contributed by atoms with Gasteiger partial charge in [0.1, 0.15) is 4.21 Å². The molecule has 2 saturated heterocycles. The van der Waals surface area contributed by atoms with E-state index in [4.69, 9.17) is 0 Å². The molecule has 2 fully saturated rings. The van der Waals surface area contributed by atoms with E-state index in [1.54, 1.807) is 17.5 Å². The average molecular weight is 448 g/mol.